The van der Waals surface area contributed by atoms with Gasteiger partial charge in [-0.2, -0.15) is 9.29 Å². The van der Waals surface area contributed by atoms with Crippen LogP contribution in [0.1, 0.15) is 16.2 Å². The van der Waals surface area contributed by atoms with Gasteiger partial charge in [0.25, 0.3) is 5.89 Å². The van der Waals surface area contributed by atoms with E-state index in [9.17, 15) is 13.2 Å². The van der Waals surface area contributed by atoms with E-state index < -0.39 is 16.0 Å². The first-order valence-electron chi connectivity index (χ1n) is 9.65. The van der Waals surface area contributed by atoms with E-state index in [-0.39, 0.29) is 41.8 Å². The van der Waals surface area contributed by atoms with E-state index in [1.807, 2.05) is 0 Å². The van der Waals surface area contributed by atoms with Crippen LogP contribution in [0.2, 0.25) is 0 Å². The minimum absolute atomic E-state index is 0.0460. The first-order chi connectivity index (χ1) is 15.5. The van der Waals surface area contributed by atoms with Gasteiger partial charge in [0.15, 0.2) is 6.61 Å². The van der Waals surface area contributed by atoms with Gasteiger partial charge in [-0.15, -0.1) is 0 Å². The Bertz CT molecular complexity index is 1190. The lowest BCUT2D eigenvalue weighted by Crippen LogP contribution is -2.40. The third kappa shape index (κ3) is 4.61. The molecule has 2 aromatic heterocycles. The Kier molecular flexibility index (Phi) is 6.44. The number of sulfonamides is 1. The number of hydrogen-bond acceptors (Lipinski definition) is 10. The van der Waals surface area contributed by atoms with Crippen LogP contribution in [0.3, 0.4) is 0 Å². The summed E-state index contributed by atoms with van der Waals surface area (Å²) in [6.07, 6.45) is 3.20. The smallest absolute Gasteiger partial charge is 0.338 e. The third-order valence-corrected chi connectivity index (χ3v) is 6.62. The molecule has 0 atom stereocenters. The second-order valence-electron chi connectivity index (χ2n) is 6.71. The van der Waals surface area contributed by atoms with Crippen molar-refractivity contribution in [1.82, 2.24) is 19.4 Å². The van der Waals surface area contributed by atoms with E-state index in [4.69, 9.17) is 18.7 Å². The van der Waals surface area contributed by atoms with Crippen LogP contribution in [0.25, 0.3) is 11.4 Å². The van der Waals surface area contributed by atoms with Crippen LogP contribution in [0, 0.1) is 0 Å². The molecule has 0 saturated carbocycles. The quantitative estimate of drug-likeness (QED) is 0.478. The average Bonchev–Trinajstić information content (AvgIpc) is 3.32. The van der Waals surface area contributed by atoms with Crippen molar-refractivity contribution in [2.75, 3.05) is 33.4 Å². The normalized spacial score (nSPS) is 14.8. The fourth-order valence-electron chi connectivity index (χ4n) is 3.07. The summed E-state index contributed by atoms with van der Waals surface area (Å²) < 4.78 is 48.2. The standard InChI is InChI=1S/C20H20N4O7S/c1-28-16-5-4-14(11-17(16)32(26,27)24-7-9-29-10-8-24)20(25)30-13-18-22-19(23-31-18)15-3-2-6-21-12-15/h2-6,11-12H,7-10,13H2,1H3. The highest BCUT2D eigenvalue weighted by Gasteiger charge is 2.30. The summed E-state index contributed by atoms with van der Waals surface area (Å²) in [5.74, 6) is -0.211. The molecule has 168 valence electrons. The lowest BCUT2D eigenvalue weighted by molar-refractivity contribution is 0.0429. The molecule has 0 spiro atoms. The summed E-state index contributed by atoms with van der Waals surface area (Å²) in [4.78, 5) is 20.6. The predicted molar refractivity (Wildman–Crippen MR) is 109 cm³/mol. The average molecular weight is 460 g/mol. The molecule has 1 aliphatic rings. The van der Waals surface area contributed by atoms with Crippen molar-refractivity contribution in [2.45, 2.75) is 11.5 Å². The number of esters is 1. The van der Waals surface area contributed by atoms with Crippen molar-refractivity contribution < 1.29 is 31.9 Å². The zero-order chi connectivity index (χ0) is 22.6. The van der Waals surface area contributed by atoms with Crippen molar-refractivity contribution >= 4 is 16.0 Å². The van der Waals surface area contributed by atoms with Gasteiger partial charge in [0, 0.05) is 31.0 Å². The number of aromatic nitrogens is 3. The molecule has 3 aromatic rings. The number of ether oxygens (including phenoxy) is 3. The number of methoxy groups -OCH3 is 1. The summed E-state index contributed by atoms with van der Waals surface area (Å²) in [5.41, 5.74) is 0.701. The molecule has 3 heterocycles. The van der Waals surface area contributed by atoms with Crippen LogP contribution in [0.15, 0.2) is 52.1 Å². The van der Waals surface area contributed by atoms with Crippen LogP contribution in [-0.4, -0.2) is 67.2 Å². The summed E-state index contributed by atoms with van der Waals surface area (Å²) in [6.45, 7) is 0.764. The Balaban J connectivity index is 1.49. The van der Waals surface area contributed by atoms with E-state index in [0.717, 1.165) is 0 Å². The molecule has 0 N–H and O–H groups in total. The lowest BCUT2D eigenvalue weighted by Gasteiger charge is -2.26. The number of morpholine rings is 1. The fraction of sp³-hybridized carbons (Fsp3) is 0.300. The van der Waals surface area contributed by atoms with Crippen LogP contribution < -0.4 is 4.74 Å². The summed E-state index contributed by atoms with van der Waals surface area (Å²) in [6, 6.07) is 7.57. The van der Waals surface area contributed by atoms with E-state index in [1.165, 1.54) is 29.6 Å². The van der Waals surface area contributed by atoms with Gasteiger partial charge in [0.05, 0.1) is 25.9 Å². The Hall–Kier alpha value is -3.35. The maximum Gasteiger partial charge on any atom is 0.338 e. The van der Waals surface area contributed by atoms with Crippen molar-refractivity contribution in [3.05, 3.63) is 54.2 Å². The van der Waals surface area contributed by atoms with Crippen LogP contribution >= 0.6 is 0 Å². The maximum atomic E-state index is 13.1. The molecule has 1 aromatic carbocycles. The molecule has 0 radical (unpaired) electrons. The third-order valence-electron chi connectivity index (χ3n) is 4.70. The molecule has 0 amide bonds. The number of carbonyl (C=O) groups is 1. The van der Waals surface area contributed by atoms with Crippen molar-refractivity contribution in [1.29, 1.82) is 0 Å². The van der Waals surface area contributed by atoms with E-state index in [2.05, 4.69) is 15.1 Å². The van der Waals surface area contributed by atoms with E-state index >= 15 is 0 Å². The van der Waals surface area contributed by atoms with Crippen LogP contribution in [-0.2, 0) is 26.1 Å². The number of hydrogen-bond donors (Lipinski definition) is 0. The molecule has 0 bridgehead atoms. The first kappa shape index (κ1) is 21.9. The molecule has 1 saturated heterocycles. The summed E-state index contributed by atoms with van der Waals surface area (Å²) in [5, 5.41) is 3.83. The summed E-state index contributed by atoms with van der Waals surface area (Å²) >= 11 is 0. The highest BCUT2D eigenvalue weighted by Crippen LogP contribution is 2.29. The SMILES string of the molecule is COc1ccc(C(=O)OCc2nc(-c3cccnc3)no2)cc1S(=O)(=O)N1CCOCC1. The molecule has 1 aliphatic heterocycles. The van der Waals surface area contributed by atoms with Gasteiger partial charge >= 0.3 is 5.97 Å². The molecule has 12 heteroatoms. The molecule has 0 unspecified atom stereocenters. The molecule has 1 fully saturated rings. The number of nitrogens with zero attached hydrogens (tertiary/aromatic N) is 4. The van der Waals surface area contributed by atoms with E-state index in [0.29, 0.717) is 24.6 Å². The van der Waals surface area contributed by atoms with Gasteiger partial charge in [-0.25, -0.2) is 13.2 Å². The first-order valence-corrected chi connectivity index (χ1v) is 11.1. The Labute approximate surface area is 184 Å². The number of benzene rings is 1. The number of carbonyl (C=O) groups excluding carboxylic acids is 1. The molecule has 4 rings (SSSR count). The zero-order valence-electron chi connectivity index (χ0n) is 17.1. The fourth-order valence-corrected chi connectivity index (χ4v) is 4.66. The Morgan fingerprint density at radius 2 is 2.03 bits per heavy atom. The molecular formula is C20H20N4O7S. The topological polar surface area (TPSA) is 134 Å². The van der Waals surface area contributed by atoms with Crippen LogP contribution in [0.4, 0.5) is 0 Å². The molecule has 0 aliphatic carbocycles. The van der Waals surface area contributed by atoms with Gasteiger partial charge in [-0.3, -0.25) is 4.98 Å². The van der Waals surface area contributed by atoms with Crippen molar-refractivity contribution in [3.8, 4) is 17.1 Å². The van der Waals surface area contributed by atoms with Gasteiger partial charge in [0.1, 0.15) is 10.6 Å². The van der Waals surface area contributed by atoms with Gasteiger partial charge < -0.3 is 18.7 Å². The highest BCUT2D eigenvalue weighted by molar-refractivity contribution is 7.89. The van der Waals surface area contributed by atoms with Crippen molar-refractivity contribution in [3.63, 3.8) is 0 Å². The molecule has 32 heavy (non-hydrogen) atoms. The van der Waals surface area contributed by atoms with Crippen molar-refractivity contribution in [2.24, 2.45) is 0 Å². The summed E-state index contributed by atoms with van der Waals surface area (Å²) in [7, 11) is -2.52. The van der Waals surface area contributed by atoms with Gasteiger partial charge in [-0.05, 0) is 30.3 Å². The monoisotopic (exact) mass is 460 g/mol. The van der Waals surface area contributed by atoms with Crippen LogP contribution in [0.5, 0.6) is 5.75 Å². The number of rotatable bonds is 7. The predicted octanol–water partition coefficient (Wildman–Crippen LogP) is 1.52. The lowest BCUT2D eigenvalue weighted by atomic mass is 10.2. The maximum absolute atomic E-state index is 13.1. The second-order valence-corrected chi connectivity index (χ2v) is 8.62. The molecular weight excluding hydrogens is 440 g/mol. The van der Waals surface area contributed by atoms with Gasteiger partial charge in [-0.1, -0.05) is 5.16 Å². The zero-order valence-corrected chi connectivity index (χ0v) is 17.9. The Morgan fingerprint density at radius 1 is 1.22 bits per heavy atom. The highest BCUT2D eigenvalue weighted by atomic mass is 32.2. The Morgan fingerprint density at radius 3 is 2.75 bits per heavy atom. The van der Waals surface area contributed by atoms with Gasteiger partial charge in [0.2, 0.25) is 15.8 Å². The number of pyridine rings is 1. The largest absolute Gasteiger partial charge is 0.495 e. The minimum atomic E-state index is -3.88. The minimum Gasteiger partial charge on any atom is -0.495 e. The molecule has 11 nitrogen and oxygen atoms in total. The second kappa shape index (κ2) is 9.42. The van der Waals surface area contributed by atoms with E-state index in [1.54, 1.807) is 24.5 Å².